The van der Waals surface area contributed by atoms with Crippen LogP contribution < -0.4 is 5.32 Å². The molecule has 0 spiro atoms. The Morgan fingerprint density at radius 1 is 1.25 bits per heavy atom. The molecule has 1 aliphatic rings. The number of carboxylic acids is 1. The summed E-state index contributed by atoms with van der Waals surface area (Å²) in [6.07, 6.45) is 5.25. The van der Waals surface area contributed by atoms with Crippen molar-refractivity contribution in [2.75, 3.05) is 24.2 Å². The van der Waals surface area contributed by atoms with Crippen LogP contribution in [0.2, 0.25) is 0 Å². The number of hydrogen-bond donors (Lipinski definition) is 2. The van der Waals surface area contributed by atoms with Crippen LogP contribution in [0.15, 0.2) is 39.6 Å². The molecule has 0 radical (unpaired) electrons. The molecule has 2 N–H and O–H groups in total. The molecule has 0 bridgehead atoms. The lowest BCUT2D eigenvalue weighted by Crippen LogP contribution is -2.46. The second-order valence-electron chi connectivity index (χ2n) is 8.41. The van der Waals surface area contributed by atoms with Crippen LogP contribution in [0.25, 0.3) is 0 Å². The number of carbonyl (C=O) groups is 2. The van der Waals surface area contributed by atoms with Crippen molar-refractivity contribution in [1.29, 1.82) is 0 Å². The average molecular weight is 564 g/mol. The molecule has 0 saturated heterocycles. The Morgan fingerprint density at radius 2 is 1.97 bits per heavy atom. The van der Waals surface area contributed by atoms with Crippen molar-refractivity contribution in [3.63, 3.8) is 0 Å². The van der Waals surface area contributed by atoms with E-state index in [4.69, 9.17) is 9.84 Å². The number of urea groups is 1. The summed E-state index contributed by atoms with van der Waals surface area (Å²) in [5.74, 6) is -0.432. The number of aromatic nitrogens is 1. The fourth-order valence-electron chi connectivity index (χ4n) is 3.88. The van der Waals surface area contributed by atoms with Crippen molar-refractivity contribution in [2.24, 2.45) is 5.92 Å². The smallest absolute Gasteiger partial charge is 0.446 e. The Morgan fingerprint density at radius 3 is 2.67 bits per heavy atom. The number of carbonyl (C=O) groups excluding carboxylic acids is 1. The third kappa shape index (κ3) is 9.49. The summed E-state index contributed by atoms with van der Waals surface area (Å²) in [6, 6.07) is 5.94. The average Bonchev–Trinajstić information content (AvgIpc) is 3.25. The number of thiazole rings is 1. The second-order valence-corrected chi connectivity index (χ2v) is 11.8. The molecule has 0 unspecified atom stereocenters. The van der Waals surface area contributed by atoms with E-state index in [1.54, 1.807) is 23.1 Å². The Balaban J connectivity index is 1.59. The van der Waals surface area contributed by atoms with Gasteiger partial charge >= 0.3 is 17.5 Å². The molecule has 1 saturated carbocycles. The Kier molecular flexibility index (Phi) is 10.8. The van der Waals surface area contributed by atoms with Gasteiger partial charge < -0.3 is 14.7 Å². The van der Waals surface area contributed by atoms with E-state index in [0.717, 1.165) is 37.4 Å². The number of carboxylic acid groups (broad SMARTS) is 1. The van der Waals surface area contributed by atoms with Crippen LogP contribution >= 0.6 is 34.9 Å². The molecular weight excluding hydrogens is 535 g/mol. The molecular formula is C23H28F3N3O4S3. The van der Waals surface area contributed by atoms with Gasteiger partial charge in [0, 0.05) is 17.5 Å². The summed E-state index contributed by atoms with van der Waals surface area (Å²) in [6.45, 7) is 2.65. The van der Waals surface area contributed by atoms with Crippen LogP contribution in [0.3, 0.4) is 0 Å². The summed E-state index contributed by atoms with van der Waals surface area (Å²) in [5, 5.41) is 12.0. The van der Waals surface area contributed by atoms with Gasteiger partial charge in [0.05, 0.1) is 29.4 Å². The maximum absolute atomic E-state index is 13.1. The van der Waals surface area contributed by atoms with Gasteiger partial charge in [-0.25, -0.2) is 9.78 Å². The van der Waals surface area contributed by atoms with E-state index >= 15 is 0 Å². The third-order valence-electron chi connectivity index (χ3n) is 5.66. The highest BCUT2D eigenvalue weighted by molar-refractivity contribution is 8.01. The molecule has 198 valence electrons. The van der Waals surface area contributed by atoms with Gasteiger partial charge in [-0.15, -0.1) is 11.8 Å². The molecule has 2 aromatic rings. The van der Waals surface area contributed by atoms with E-state index in [2.05, 4.69) is 17.2 Å². The molecule has 3 rings (SSSR count). The van der Waals surface area contributed by atoms with Gasteiger partial charge in [-0.2, -0.15) is 13.2 Å². The van der Waals surface area contributed by atoms with E-state index in [1.165, 1.54) is 23.6 Å². The highest BCUT2D eigenvalue weighted by Gasteiger charge is 2.30. The second kappa shape index (κ2) is 13.5. The molecule has 1 fully saturated rings. The lowest BCUT2D eigenvalue weighted by Gasteiger charge is -2.36. The predicted octanol–water partition coefficient (Wildman–Crippen LogP) is 6.56. The number of halogens is 3. The summed E-state index contributed by atoms with van der Waals surface area (Å²) < 4.78 is 44.9. The fraction of sp³-hybridized carbons (Fsp3) is 0.522. The Bertz CT molecular complexity index is 1010. The number of ether oxygens (including phenoxy) is 1. The zero-order valence-electron chi connectivity index (χ0n) is 19.6. The van der Waals surface area contributed by atoms with Crippen molar-refractivity contribution in [1.82, 2.24) is 9.88 Å². The van der Waals surface area contributed by atoms with Crippen molar-refractivity contribution in [3.8, 4) is 0 Å². The van der Waals surface area contributed by atoms with Crippen LogP contribution in [-0.4, -0.2) is 57.4 Å². The van der Waals surface area contributed by atoms with E-state index in [-0.39, 0.29) is 54.2 Å². The van der Waals surface area contributed by atoms with Gasteiger partial charge in [0.1, 0.15) is 0 Å². The monoisotopic (exact) mass is 563 g/mol. The highest BCUT2D eigenvalue weighted by Crippen LogP contribution is 2.38. The van der Waals surface area contributed by atoms with Crippen molar-refractivity contribution in [2.45, 2.75) is 59.9 Å². The first-order chi connectivity index (χ1) is 17.1. The number of amides is 2. The number of thioether (sulfide) groups is 2. The number of benzene rings is 1. The molecule has 2 amide bonds. The number of anilines is 1. The number of alkyl halides is 3. The van der Waals surface area contributed by atoms with Crippen LogP contribution in [0.1, 0.15) is 38.2 Å². The minimum atomic E-state index is -4.38. The van der Waals surface area contributed by atoms with E-state index < -0.39 is 11.5 Å². The number of rotatable bonds is 11. The zero-order chi connectivity index (χ0) is 26.1. The van der Waals surface area contributed by atoms with E-state index in [1.807, 2.05) is 0 Å². The molecule has 7 nitrogen and oxygen atoms in total. The maximum atomic E-state index is 13.1. The largest absolute Gasteiger partial charge is 0.481 e. The van der Waals surface area contributed by atoms with E-state index in [0.29, 0.717) is 20.8 Å². The molecule has 36 heavy (non-hydrogen) atoms. The first-order valence-corrected chi connectivity index (χ1v) is 14.0. The van der Waals surface area contributed by atoms with Gasteiger partial charge in [0.2, 0.25) is 0 Å². The van der Waals surface area contributed by atoms with Crippen LogP contribution in [0.5, 0.6) is 0 Å². The fourth-order valence-corrected chi connectivity index (χ4v) is 6.11. The maximum Gasteiger partial charge on any atom is 0.446 e. The van der Waals surface area contributed by atoms with Crippen LogP contribution in [0.4, 0.5) is 23.1 Å². The van der Waals surface area contributed by atoms with Crippen LogP contribution in [0, 0.1) is 5.92 Å². The quantitative estimate of drug-likeness (QED) is 0.236. The number of nitrogens with zero attached hydrogens (tertiary/aromatic N) is 2. The lowest BCUT2D eigenvalue weighted by atomic mass is 9.86. The first kappa shape index (κ1) is 28.6. The van der Waals surface area contributed by atoms with Gasteiger partial charge in [-0.3, -0.25) is 10.1 Å². The van der Waals surface area contributed by atoms with Crippen LogP contribution in [-0.2, 0) is 16.1 Å². The SMILES string of the molecule is C[C@H]1CC[C@H](N(CCOCc2ccccc2SC(F)(F)F)C(=O)Nc2ncc(SCC(=O)O)s2)CC1. The number of nitrogens with one attached hydrogen (secondary N) is 1. The highest BCUT2D eigenvalue weighted by atomic mass is 32.2. The zero-order valence-corrected chi connectivity index (χ0v) is 22.1. The standard InChI is InChI=1S/C23H28F3N3O4S3/c1-15-6-8-17(9-7-15)29(22(32)28-21-27-12-20(35-21)34-14-19(30)31)10-11-33-13-16-4-2-3-5-18(16)36-23(24,25)26/h2-5,12,15,17H,6-11,13-14H2,1H3,(H,30,31)(H,27,28,32)/t15-,17-. The van der Waals surface area contributed by atoms with Crippen molar-refractivity contribution < 1.29 is 32.6 Å². The van der Waals surface area contributed by atoms with E-state index in [9.17, 15) is 22.8 Å². The van der Waals surface area contributed by atoms with Gasteiger partial charge in [0.15, 0.2) is 5.13 Å². The van der Waals surface area contributed by atoms with Gasteiger partial charge in [-0.1, -0.05) is 36.5 Å². The molecule has 13 heteroatoms. The Labute approximate surface area is 220 Å². The first-order valence-electron chi connectivity index (χ1n) is 11.4. The summed E-state index contributed by atoms with van der Waals surface area (Å²) in [4.78, 5) is 29.9. The normalized spacial score (nSPS) is 18.1. The molecule has 1 heterocycles. The lowest BCUT2D eigenvalue weighted by molar-refractivity contribution is -0.133. The minimum absolute atomic E-state index is 0.00700. The molecule has 0 aliphatic heterocycles. The van der Waals surface area contributed by atoms with Crippen molar-refractivity contribution in [3.05, 3.63) is 36.0 Å². The van der Waals surface area contributed by atoms with Crippen molar-refractivity contribution >= 4 is 52.0 Å². The summed E-state index contributed by atoms with van der Waals surface area (Å²) in [5.41, 5.74) is -3.94. The minimum Gasteiger partial charge on any atom is -0.481 e. The third-order valence-corrected chi connectivity index (χ3v) is 8.60. The van der Waals surface area contributed by atoms with Gasteiger partial charge in [-0.05, 0) is 55.0 Å². The number of aliphatic carboxylic acids is 1. The summed E-state index contributed by atoms with van der Waals surface area (Å²) >= 11 is 2.17. The molecule has 1 aliphatic carbocycles. The molecule has 0 atom stereocenters. The van der Waals surface area contributed by atoms with Gasteiger partial charge in [0.25, 0.3) is 0 Å². The topological polar surface area (TPSA) is 91.8 Å². The predicted molar refractivity (Wildman–Crippen MR) is 136 cm³/mol. The Hall–Kier alpha value is -1.96. The molecule has 1 aromatic heterocycles. The molecule has 1 aromatic carbocycles. The number of hydrogen-bond acceptors (Lipinski definition) is 7. The summed E-state index contributed by atoms with van der Waals surface area (Å²) in [7, 11) is 0.